The van der Waals surface area contributed by atoms with Gasteiger partial charge in [0.15, 0.2) is 5.96 Å². The predicted octanol–water partition coefficient (Wildman–Crippen LogP) is 2.43. The summed E-state index contributed by atoms with van der Waals surface area (Å²) in [5.41, 5.74) is 6.82. The summed E-state index contributed by atoms with van der Waals surface area (Å²) in [5, 5.41) is 6.06. The monoisotopic (exact) mass is 389 g/mol. The number of anilines is 1. The van der Waals surface area contributed by atoms with Crippen LogP contribution in [0.4, 0.5) is 5.82 Å². The lowest BCUT2D eigenvalue weighted by atomic mass is 10.3. The Morgan fingerprint density at radius 1 is 1.47 bits per heavy atom. The fraction of sp³-hybridized carbons (Fsp3) is 0.250. The van der Waals surface area contributed by atoms with Crippen LogP contribution in [0.25, 0.3) is 0 Å². The Morgan fingerprint density at radius 2 is 2.32 bits per heavy atom. The minimum atomic E-state index is 0. The molecule has 2 rings (SSSR count). The van der Waals surface area contributed by atoms with Gasteiger partial charge in [-0.25, -0.2) is 9.97 Å². The zero-order chi connectivity index (χ0) is 12.8. The molecule has 2 aromatic rings. The quantitative estimate of drug-likeness (QED) is 0.479. The van der Waals surface area contributed by atoms with Crippen molar-refractivity contribution < 1.29 is 0 Å². The number of aliphatic imine (C=N–C) groups is 1. The first-order valence-corrected chi connectivity index (χ1v) is 6.51. The summed E-state index contributed by atoms with van der Waals surface area (Å²) in [6.45, 7) is 2.61. The van der Waals surface area contributed by atoms with Gasteiger partial charge < -0.3 is 11.1 Å². The number of nitrogens with two attached hydrogens (primary N) is 1. The normalized spacial score (nSPS) is 10.9. The van der Waals surface area contributed by atoms with Gasteiger partial charge in [0.1, 0.15) is 5.82 Å². The van der Waals surface area contributed by atoms with E-state index < -0.39 is 0 Å². The van der Waals surface area contributed by atoms with Crippen LogP contribution in [-0.4, -0.2) is 22.5 Å². The van der Waals surface area contributed by atoms with Crippen molar-refractivity contribution in [3.8, 4) is 0 Å². The molecule has 0 saturated heterocycles. The van der Waals surface area contributed by atoms with Gasteiger partial charge in [-0.3, -0.25) is 4.99 Å². The fourth-order valence-electron chi connectivity index (χ4n) is 1.42. The molecule has 7 heteroatoms. The Hall–Kier alpha value is -1.22. The van der Waals surface area contributed by atoms with Crippen LogP contribution in [0.3, 0.4) is 0 Å². The second-order valence-electron chi connectivity index (χ2n) is 3.71. The van der Waals surface area contributed by atoms with E-state index in [9.17, 15) is 0 Å². The molecule has 0 aliphatic carbocycles. The van der Waals surface area contributed by atoms with E-state index in [1.165, 1.54) is 0 Å². The molecule has 2 aromatic heterocycles. The molecule has 0 aromatic carbocycles. The minimum Gasteiger partial charge on any atom is -0.370 e. The number of halogens is 1. The van der Waals surface area contributed by atoms with Crippen LogP contribution in [0.5, 0.6) is 0 Å². The zero-order valence-electron chi connectivity index (χ0n) is 10.5. The maximum absolute atomic E-state index is 5.76. The van der Waals surface area contributed by atoms with Crippen LogP contribution in [0.2, 0.25) is 0 Å². The summed E-state index contributed by atoms with van der Waals surface area (Å²) in [5.74, 6) is 1.07. The first kappa shape index (κ1) is 15.8. The SMILES string of the molecule is Cc1nc(CCN=C(N)Nc2ccccn2)cs1.I. The summed E-state index contributed by atoms with van der Waals surface area (Å²) >= 11 is 1.65. The summed E-state index contributed by atoms with van der Waals surface area (Å²) < 4.78 is 0. The van der Waals surface area contributed by atoms with Gasteiger partial charge in [-0.15, -0.1) is 35.3 Å². The second-order valence-corrected chi connectivity index (χ2v) is 4.78. The lowest BCUT2D eigenvalue weighted by molar-refractivity contribution is 0.926. The lowest BCUT2D eigenvalue weighted by Gasteiger charge is -2.03. The summed E-state index contributed by atoms with van der Waals surface area (Å²) in [7, 11) is 0. The van der Waals surface area contributed by atoms with Gasteiger partial charge in [-0.05, 0) is 19.1 Å². The van der Waals surface area contributed by atoms with Crippen LogP contribution in [0, 0.1) is 6.92 Å². The molecule has 0 amide bonds. The van der Waals surface area contributed by atoms with Crippen molar-refractivity contribution in [3.63, 3.8) is 0 Å². The number of thiazole rings is 1. The molecule has 102 valence electrons. The highest BCUT2D eigenvalue weighted by Crippen LogP contribution is 2.08. The Kier molecular flexibility index (Phi) is 6.71. The van der Waals surface area contributed by atoms with Crippen LogP contribution in [0.1, 0.15) is 10.7 Å². The third-order valence-electron chi connectivity index (χ3n) is 2.24. The highest BCUT2D eigenvalue weighted by atomic mass is 127. The molecule has 2 heterocycles. The third kappa shape index (κ3) is 5.52. The number of nitrogens with zero attached hydrogens (tertiary/aromatic N) is 3. The number of pyridine rings is 1. The summed E-state index contributed by atoms with van der Waals surface area (Å²) in [6.07, 6.45) is 2.50. The van der Waals surface area contributed by atoms with Gasteiger partial charge in [0.05, 0.1) is 10.7 Å². The van der Waals surface area contributed by atoms with Gasteiger partial charge >= 0.3 is 0 Å². The average Bonchev–Trinajstić information content (AvgIpc) is 2.76. The van der Waals surface area contributed by atoms with Crippen molar-refractivity contribution in [2.75, 3.05) is 11.9 Å². The second kappa shape index (κ2) is 8.05. The van der Waals surface area contributed by atoms with Crippen LogP contribution in [0.15, 0.2) is 34.8 Å². The van der Waals surface area contributed by atoms with E-state index in [-0.39, 0.29) is 24.0 Å². The van der Waals surface area contributed by atoms with Gasteiger partial charge in [0.2, 0.25) is 0 Å². The standard InChI is InChI=1S/C12H15N5S.HI/c1-9-16-10(8-18-9)5-7-15-12(13)17-11-4-2-3-6-14-11;/h2-4,6,8H,5,7H2,1H3,(H3,13,14,15,17);1H. The maximum Gasteiger partial charge on any atom is 0.194 e. The number of aromatic nitrogens is 2. The molecule has 3 N–H and O–H groups in total. The molecule has 0 saturated carbocycles. The molecular weight excluding hydrogens is 373 g/mol. The van der Waals surface area contributed by atoms with E-state index in [0.29, 0.717) is 18.3 Å². The van der Waals surface area contributed by atoms with E-state index in [1.54, 1.807) is 17.5 Å². The van der Waals surface area contributed by atoms with Crippen LogP contribution < -0.4 is 11.1 Å². The highest BCUT2D eigenvalue weighted by Gasteiger charge is 1.98. The zero-order valence-corrected chi connectivity index (χ0v) is 13.7. The third-order valence-corrected chi connectivity index (χ3v) is 3.06. The van der Waals surface area contributed by atoms with Crippen LogP contribution >= 0.6 is 35.3 Å². The van der Waals surface area contributed by atoms with Crippen molar-refractivity contribution >= 4 is 47.1 Å². The smallest absolute Gasteiger partial charge is 0.194 e. The summed E-state index contributed by atoms with van der Waals surface area (Å²) in [4.78, 5) is 12.7. The van der Waals surface area contributed by atoms with Crippen molar-refractivity contribution in [1.82, 2.24) is 9.97 Å². The van der Waals surface area contributed by atoms with Crippen molar-refractivity contribution in [2.45, 2.75) is 13.3 Å². The van der Waals surface area contributed by atoms with E-state index in [4.69, 9.17) is 5.73 Å². The van der Waals surface area contributed by atoms with Gasteiger partial charge in [-0.1, -0.05) is 6.07 Å². The summed E-state index contributed by atoms with van der Waals surface area (Å²) in [6, 6.07) is 5.58. The molecule has 0 unspecified atom stereocenters. The number of hydrogen-bond donors (Lipinski definition) is 2. The van der Waals surface area contributed by atoms with Crippen molar-refractivity contribution in [2.24, 2.45) is 10.7 Å². The maximum atomic E-state index is 5.76. The molecule has 0 bridgehead atoms. The number of aryl methyl sites for hydroxylation is 1. The molecule has 0 fully saturated rings. The Labute approximate surface area is 133 Å². The fourth-order valence-corrected chi connectivity index (χ4v) is 2.07. The Morgan fingerprint density at radius 3 is 2.95 bits per heavy atom. The number of guanidine groups is 1. The van der Waals surface area contributed by atoms with Crippen molar-refractivity contribution in [3.05, 3.63) is 40.5 Å². The number of nitrogens with one attached hydrogen (secondary N) is 1. The molecule has 0 aliphatic rings. The predicted molar refractivity (Wildman–Crippen MR) is 90.3 cm³/mol. The molecule has 19 heavy (non-hydrogen) atoms. The Bertz CT molecular complexity index is 526. The largest absolute Gasteiger partial charge is 0.370 e. The van der Waals surface area contributed by atoms with E-state index >= 15 is 0 Å². The molecule has 0 atom stereocenters. The molecule has 5 nitrogen and oxygen atoms in total. The van der Waals surface area contributed by atoms with Gasteiger partial charge in [0.25, 0.3) is 0 Å². The topological polar surface area (TPSA) is 76.2 Å². The average molecular weight is 389 g/mol. The molecule has 0 radical (unpaired) electrons. The van der Waals surface area contributed by atoms with E-state index in [2.05, 4.69) is 20.3 Å². The first-order valence-electron chi connectivity index (χ1n) is 5.63. The lowest BCUT2D eigenvalue weighted by Crippen LogP contribution is -2.23. The van der Waals surface area contributed by atoms with Crippen LogP contribution in [-0.2, 0) is 6.42 Å². The van der Waals surface area contributed by atoms with E-state index in [0.717, 1.165) is 17.1 Å². The Balaban J connectivity index is 0.00000180. The highest BCUT2D eigenvalue weighted by molar-refractivity contribution is 14.0. The number of hydrogen-bond acceptors (Lipinski definition) is 4. The van der Waals surface area contributed by atoms with Gasteiger partial charge in [-0.2, -0.15) is 0 Å². The minimum absolute atomic E-state index is 0. The molecule has 0 spiro atoms. The first-order chi connectivity index (χ1) is 8.74. The number of rotatable bonds is 4. The molecular formula is C12H16IN5S. The molecule has 0 aliphatic heterocycles. The van der Waals surface area contributed by atoms with Gasteiger partial charge in [0, 0.05) is 24.5 Å². The van der Waals surface area contributed by atoms with Crippen molar-refractivity contribution in [1.29, 1.82) is 0 Å². The van der Waals surface area contributed by atoms with E-state index in [1.807, 2.05) is 30.5 Å².